The Morgan fingerprint density at radius 1 is 1.27 bits per heavy atom. The fraction of sp³-hybridized carbons (Fsp3) is 0.667. The molecule has 2 aliphatic rings. The standard InChI is InChI=1S/C21H33FN4/c1-4-23-21(26-12-11-16(15-26)14-25(5-2)6-3)24-20-13-18(20)17-9-7-8-10-19(17)22/h7-10,16,18,20H,4-6,11-15H2,1-3H3,(H,23,24). The number of benzene rings is 1. The lowest BCUT2D eigenvalue weighted by Gasteiger charge is -2.24. The average Bonchev–Trinajstić information content (AvgIpc) is 3.25. The van der Waals surface area contributed by atoms with Crippen LogP contribution in [0.1, 0.15) is 45.1 Å². The molecule has 1 aliphatic carbocycles. The van der Waals surface area contributed by atoms with Crippen LogP contribution in [0.15, 0.2) is 29.3 Å². The SMILES string of the molecule is CCN=C(NC1CC1c1ccccc1F)N1CCC(CN(CC)CC)C1. The lowest BCUT2D eigenvalue weighted by Crippen LogP contribution is -2.42. The van der Waals surface area contributed by atoms with Gasteiger partial charge in [-0.25, -0.2) is 4.39 Å². The van der Waals surface area contributed by atoms with E-state index in [2.05, 4.69) is 35.9 Å². The maximum atomic E-state index is 14.0. The minimum atomic E-state index is -0.0868. The van der Waals surface area contributed by atoms with Gasteiger partial charge in [0.25, 0.3) is 0 Å². The summed E-state index contributed by atoms with van der Waals surface area (Å²) in [5, 5.41) is 3.61. The molecule has 3 rings (SSSR count). The van der Waals surface area contributed by atoms with Gasteiger partial charge in [0.15, 0.2) is 5.96 Å². The zero-order valence-electron chi connectivity index (χ0n) is 16.4. The van der Waals surface area contributed by atoms with Crippen molar-refractivity contribution in [2.75, 3.05) is 39.3 Å². The molecule has 1 heterocycles. The summed E-state index contributed by atoms with van der Waals surface area (Å²) in [7, 11) is 0. The van der Waals surface area contributed by atoms with E-state index in [0.29, 0.717) is 12.0 Å². The zero-order valence-corrected chi connectivity index (χ0v) is 16.4. The predicted octanol–water partition coefficient (Wildman–Crippen LogP) is 3.31. The van der Waals surface area contributed by atoms with Crippen molar-refractivity contribution in [1.29, 1.82) is 0 Å². The molecule has 3 atom stereocenters. The Bertz CT molecular complexity index is 614. The van der Waals surface area contributed by atoms with Gasteiger partial charge < -0.3 is 15.1 Å². The van der Waals surface area contributed by atoms with Crippen molar-refractivity contribution in [1.82, 2.24) is 15.1 Å². The van der Waals surface area contributed by atoms with Gasteiger partial charge in [-0.2, -0.15) is 0 Å². The zero-order chi connectivity index (χ0) is 18.5. The number of guanidine groups is 1. The Morgan fingerprint density at radius 2 is 2.04 bits per heavy atom. The lowest BCUT2D eigenvalue weighted by molar-refractivity contribution is 0.255. The van der Waals surface area contributed by atoms with Crippen LogP contribution in [0.25, 0.3) is 0 Å². The van der Waals surface area contributed by atoms with E-state index in [1.165, 1.54) is 13.0 Å². The summed E-state index contributed by atoms with van der Waals surface area (Å²) in [6, 6.07) is 7.46. The van der Waals surface area contributed by atoms with Gasteiger partial charge in [-0.05, 0) is 50.4 Å². The van der Waals surface area contributed by atoms with Crippen LogP contribution in [-0.4, -0.2) is 61.1 Å². The van der Waals surface area contributed by atoms with E-state index in [1.54, 1.807) is 12.1 Å². The van der Waals surface area contributed by atoms with E-state index >= 15 is 0 Å². The monoisotopic (exact) mass is 360 g/mol. The Morgan fingerprint density at radius 3 is 2.73 bits per heavy atom. The fourth-order valence-corrected chi connectivity index (χ4v) is 4.05. The smallest absolute Gasteiger partial charge is 0.194 e. The van der Waals surface area contributed by atoms with Crippen molar-refractivity contribution < 1.29 is 4.39 Å². The molecular weight excluding hydrogens is 327 g/mol. The topological polar surface area (TPSA) is 30.9 Å². The molecule has 0 aromatic heterocycles. The van der Waals surface area contributed by atoms with E-state index < -0.39 is 0 Å². The summed E-state index contributed by atoms with van der Waals surface area (Å²) in [4.78, 5) is 9.62. The average molecular weight is 361 g/mol. The van der Waals surface area contributed by atoms with Gasteiger partial charge in [-0.15, -0.1) is 0 Å². The third kappa shape index (κ3) is 4.56. The molecule has 0 amide bonds. The predicted molar refractivity (Wildman–Crippen MR) is 106 cm³/mol. The van der Waals surface area contributed by atoms with Crippen molar-refractivity contribution in [3.63, 3.8) is 0 Å². The van der Waals surface area contributed by atoms with Crippen LogP contribution in [0.3, 0.4) is 0 Å². The minimum absolute atomic E-state index is 0.0868. The quantitative estimate of drug-likeness (QED) is 0.598. The highest BCUT2D eigenvalue weighted by atomic mass is 19.1. The fourth-order valence-electron chi connectivity index (χ4n) is 4.05. The van der Waals surface area contributed by atoms with Gasteiger partial charge in [0.05, 0.1) is 0 Å². The Kier molecular flexibility index (Phi) is 6.52. The van der Waals surface area contributed by atoms with Crippen molar-refractivity contribution in [3.8, 4) is 0 Å². The van der Waals surface area contributed by atoms with Gasteiger partial charge in [0.1, 0.15) is 5.82 Å². The number of hydrogen-bond acceptors (Lipinski definition) is 2. The molecule has 0 spiro atoms. The van der Waals surface area contributed by atoms with Crippen molar-refractivity contribution in [2.45, 2.75) is 45.6 Å². The van der Waals surface area contributed by atoms with E-state index in [1.807, 2.05) is 12.1 Å². The van der Waals surface area contributed by atoms with Gasteiger partial charge in [0.2, 0.25) is 0 Å². The molecule has 144 valence electrons. The number of halogens is 1. The molecular formula is C21H33FN4. The Balaban J connectivity index is 1.56. The summed E-state index contributed by atoms with van der Waals surface area (Å²) in [6.45, 7) is 12.9. The minimum Gasteiger partial charge on any atom is -0.353 e. The molecule has 2 fully saturated rings. The van der Waals surface area contributed by atoms with Crippen molar-refractivity contribution >= 4 is 5.96 Å². The normalized spacial score (nSPS) is 25.8. The molecule has 1 saturated carbocycles. The first-order valence-electron chi connectivity index (χ1n) is 10.2. The van der Waals surface area contributed by atoms with Gasteiger partial charge in [-0.3, -0.25) is 4.99 Å². The van der Waals surface area contributed by atoms with Gasteiger partial charge >= 0.3 is 0 Å². The van der Waals surface area contributed by atoms with Gasteiger partial charge in [-0.1, -0.05) is 32.0 Å². The summed E-state index contributed by atoms with van der Waals surface area (Å²) in [6.07, 6.45) is 2.21. The number of hydrogen-bond donors (Lipinski definition) is 1. The lowest BCUT2D eigenvalue weighted by atomic mass is 10.1. The second-order valence-corrected chi connectivity index (χ2v) is 7.50. The van der Waals surface area contributed by atoms with E-state index in [-0.39, 0.29) is 11.7 Å². The summed E-state index contributed by atoms with van der Waals surface area (Å²) in [5.41, 5.74) is 0.835. The molecule has 5 heteroatoms. The number of nitrogens with zero attached hydrogens (tertiary/aromatic N) is 3. The van der Waals surface area contributed by atoms with E-state index in [9.17, 15) is 4.39 Å². The maximum Gasteiger partial charge on any atom is 0.194 e. The molecule has 1 aromatic rings. The first kappa shape index (κ1) is 19.2. The third-order valence-corrected chi connectivity index (χ3v) is 5.71. The van der Waals surface area contributed by atoms with Crippen LogP contribution < -0.4 is 5.32 Å². The van der Waals surface area contributed by atoms with Crippen molar-refractivity contribution in [3.05, 3.63) is 35.6 Å². The highest BCUT2D eigenvalue weighted by Gasteiger charge is 2.41. The number of nitrogens with one attached hydrogen (secondary N) is 1. The second-order valence-electron chi connectivity index (χ2n) is 7.50. The molecule has 4 nitrogen and oxygen atoms in total. The Labute approximate surface area is 157 Å². The third-order valence-electron chi connectivity index (χ3n) is 5.71. The molecule has 1 saturated heterocycles. The molecule has 1 aliphatic heterocycles. The summed E-state index contributed by atoms with van der Waals surface area (Å²) >= 11 is 0. The number of aliphatic imine (C=N–C) groups is 1. The summed E-state index contributed by atoms with van der Waals surface area (Å²) < 4.78 is 14.0. The number of rotatable bonds is 7. The molecule has 1 aromatic carbocycles. The highest BCUT2D eigenvalue weighted by Crippen LogP contribution is 2.42. The first-order valence-corrected chi connectivity index (χ1v) is 10.2. The van der Waals surface area contributed by atoms with Crippen LogP contribution in [0.5, 0.6) is 0 Å². The van der Waals surface area contributed by atoms with Crippen LogP contribution in [0.4, 0.5) is 4.39 Å². The largest absolute Gasteiger partial charge is 0.353 e. The molecule has 1 N–H and O–H groups in total. The van der Waals surface area contributed by atoms with Crippen LogP contribution in [-0.2, 0) is 0 Å². The first-order chi connectivity index (χ1) is 12.7. The second kappa shape index (κ2) is 8.85. The number of likely N-dealkylation sites (tertiary alicyclic amines) is 1. The molecule has 0 bridgehead atoms. The molecule has 26 heavy (non-hydrogen) atoms. The van der Waals surface area contributed by atoms with Crippen LogP contribution in [0, 0.1) is 11.7 Å². The van der Waals surface area contributed by atoms with Crippen LogP contribution in [0.2, 0.25) is 0 Å². The van der Waals surface area contributed by atoms with Crippen molar-refractivity contribution in [2.24, 2.45) is 10.9 Å². The van der Waals surface area contributed by atoms with E-state index in [0.717, 1.165) is 50.7 Å². The molecule has 3 unspecified atom stereocenters. The Hall–Kier alpha value is -1.62. The van der Waals surface area contributed by atoms with E-state index in [4.69, 9.17) is 4.99 Å². The summed E-state index contributed by atoms with van der Waals surface area (Å²) in [5.74, 6) is 1.90. The maximum absolute atomic E-state index is 14.0. The van der Waals surface area contributed by atoms with Gasteiger partial charge in [0, 0.05) is 38.1 Å². The molecule has 0 radical (unpaired) electrons. The van der Waals surface area contributed by atoms with Crippen LogP contribution >= 0.6 is 0 Å². The highest BCUT2D eigenvalue weighted by molar-refractivity contribution is 5.81.